The first-order chi connectivity index (χ1) is 13.6. The van der Waals surface area contributed by atoms with E-state index in [0.717, 1.165) is 25.7 Å². The summed E-state index contributed by atoms with van der Waals surface area (Å²) in [6.07, 6.45) is 3.38. The van der Waals surface area contributed by atoms with E-state index >= 15 is 0 Å². The molecule has 5 nitrogen and oxygen atoms in total. The van der Waals surface area contributed by atoms with Crippen molar-refractivity contribution in [2.45, 2.75) is 25.7 Å². The molecular formula is C22H20FNO4. The van der Waals surface area contributed by atoms with Crippen LogP contribution in [0.25, 0.3) is 0 Å². The fourth-order valence-electron chi connectivity index (χ4n) is 4.03. The molecule has 2 aromatic carbocycles. The minimum atomic E-state index is -0.421. The van der Waals surface area contributed by atoms with Gasteiger partial charge in [0.1, 0.15) is 11.6 Å². The van der Waals surface area contributed by atoms with Crippen molar-refractivity contribution in [2.24, 2.45) is 11.8 Å². The minimum absolute atomic E-state index is 0.185. The van der Waals surface area contributed by atoms with E-state index in [9.17, 15) is 18.8 Å². The van der Waals surface area contributed by atoms with E-state index in [2.05, 4.69) is 0 Å². The number of para-hydroxylation sites is 2. The Morgan fingerprint density at radius 3 is 2.21 bits per heavy atom. The van der Waals surface area contributed by atoms with Gasteiger partial charge in [0.15, 0.2) is 12.4 Å². The molecule has 1 saturated carbocycles. The van der Waals surface area contributed by atoms with E-state index in [-0.39, 0.29) is 36.0 Å². The van der Waals surface area contributed by atoms with Gasteiger partial charge in [0.2, 0.25) is 11.8 Å². The van der Waals surface area contributed by atoms with Gasteiger partial charge in [-0.3, -0.25) is 14.4 Å². The minimum Gasteiger partial charge on any atom is -0.483 e. The van der Waals surface area contributed by atoms with Crippen molar-refractivity contribution in [1.82, 2.24) is 0 Å². The molecule has 2 aromatic rings. The molecule has 6 heteroatoms. The predicted octanol–water partition coefficient (Wildman–Crippen LogP) is 3.77. The number of halogens is 1. The van der Waals surface area contributed by atoms with Gasteiger partial charge in [-0.25, -0.2) is 9.29 Å². The quantitative estimate of drug-likeness (QED) is 0.584. The van der Waals surface area contributed by atoms with Crippen molar-refractivity contribution in [3.05, 3.63) is 59.9 Å². The molecule has 0 aromatic heterocycles. The van der Waals surface area contributed by atoms with Crippen LogP contribution < -0.4 is 9.64 Å². The number of hydrogen-bond donors (Lipinski definition) is 0. The molecule has 0 bridgehead atoms. The van der Waals surface area contributed by atoms with Crippen molar-refractivity contribution < 1.29 is 23.5 Å². The van der Waals surface area contributed by atoms with Crippen LogP contribution in [0.3, 0.4) is 0 Å². The van der Waals surface area contributed by atoms with Gasteiger partial charge in [-0.1, -0.05) is 25.0 Å². The molecule has 28 heavy (non-hydrogen) atoms. The molecule has 1 saturated heterocycles. The van der Waals surface area contributed by atoms with E-state index in [1.807, 2.05) is 0 Å². The lowest BCUT2D eigenvalue weighted by Crippen LogP contribution is -2.31. The summed E-state index contributed by atoms with van der Waals surface area (Å²) in [5.74, 6) is -1.31. The molecule has 2 fully saturated rings. The third-order valence-corrected chi connectivity index (χ3v) is 5.47. The number of nitrogens with zero attached hydrogens (tertiary/aromatic N) is 1. The zero-order chi connectivity index (χ0) is 19.7. The van der Waals surface area contributed by atoms with E-state index < -0.39 is 5.82 Å². The Bertz CT molecular complexity index is 900. The maximum Gasteiger partial charge on any atom is 0.237 e. The third kappa shape index (κ3) is 3.30. The van der Waals surface area contributed by atoms with Crippen LogP contribution in [0.4, 0.5) is 10.1 Å². The summed E-state index contributed by atoms with van der Waals surface area (Å²) in [5.41, 5.74) is 0.706. The van der Waals surface area contributed by atoms with E-state index in [4.69, 9.17) is 4.74 Å². The largest absolute Gasteiger partial charge is 0.483 e. The zero-order valence-electron chi connectivity index (χ0n) is 15.3. The van der Waals surface area contributed by atoms with Crippen molar-refractivity contribution >= 4 is 23.3 Å². The van der Waals surface area contributed by atoms with Gasteiger partial charge in [0.25, 0.3) is 0 Å². The molecule has 2 amide bonds. The second-order valence-electron chi connectivity index (χ2n) is 7.20. The van der Waals surface area contributed by atoms with Crippen molar-refractivity contribution in [3.63, 3.8) is 0 Å². The first-order valence-electron chi connectivity index (χ1n) is 9.44. The normalized spacial score (nSPS) is 21.5. The topological polar surface area (TPSA) is 63.7 Å². The molecule has 0 radical (unpaired) electrons. The Kier molecular flexibility index (Phi) is 4.94. The second-order valence-corrected chi connectivity index (χ2v) is 7.20. The van der Waals surface area contributed by atoms with Gasteiger partial charge in [-0.05, 0) is 49.2 Å². The number of benzene rings is 2. The Balaban J connectivity index is 1.54. The second kappa shape index (κ2) is 7.54. The van der Waals surface area contributed by atoms with Gasteiger partial charge in [0, 0.05) is 5.56 Å². The number of ether oxygens (including phenoxy) is 1. The van der Waals surface area contributed by atoms with E-state index in [1.54, 1.807) is 24.3 Å². The number of amides is 2. The SMILES string of the molecule is O=C(COc1ccccc1N1C(=O)C2CCCCC2C1=O)c1ccc(F)cc1. The average molecular weight is 381 g/mol. The van der Waals surface area contributed by atoms with Crippen LogP contribution in [0, 0.1) is 17.7 Å². The van der Waals surface area contributed by atoms with Gasteiger partial charge in [-0.15, -0.1) is 0 Å². The number of anilines is 1. The van der Waals surface area contributed by atoms with Crippen LogP contribution in [0.2, 0.25) is 0 Å². The van der Waals surface area contributed by atoms with Crippen molar-refractivity contribution in [1.29, 1.82) is 0 Å². The maximum atomic E-state index is 13.0. The summed E-state index contributed by atoms with van der Waals surface area (Å²) in [6, 6.07) is 12.0. The summed E-state index contributed by atoms with van der Waals surface area (Å²) < 4.78 is 18.7. The molecule has 1 heterocycles. The molecule has 1 aliphatic heterocycles. The first-order valence-corrected chi connectivity index (χ1v) is 9.44. The Morgan fingerprint density at radius 2 is 1.57 bits per heavy atom. The lowest BCUT2D eigenvalue weighted by atomic mass is 9.81. The van der Waals surface area contributed by atoms with Crippen molar-refractivity contribution in [2.75, 3.05) is 11.5 Å². The van der Waals surface area contributed by atoms with Gasteiger partial charge in [0.05, 0.1) is 17.5 Å². The molecular weight excluding hydrogens is 361 g/mol. The highest BCUT2D eigenvalue weighted by Gasteiger charge is 2.49. The average Bonchev–Trinajstić information content (AvgIpc) is 2.97. The number of hydrogen-bond acceptors (Lipinski definition) is 4. The number of Topliss-reactive ketones (excluding diaryl/α,β-unsaturated/α-hetero) is 1. The maximum absolute atomic E-state index is 13.0. The number of fused-ring (bicyclic) bond motifs is 1. The van der Waals surface area contributed by atoms with Crippen LogP contribution in [0.15, 0.2) is 48.5 Å². The Labute approximate surface area is 162 Å². The highest BCUT2D eigenvalue weighted by atomic mass is 19.1. The standard InChI is InChI=1S/C22H20FNO4/c23-15-11-9-14(10-12-15)19(25)13-28-20-8-4-3-7-18(20)24-21(26)16-5-1-2-6-17(16)22(24)27/h3-4,7-12,16-17H,1-2,5-6,13H2. The molecule has 144 valence electrons. The highest BCUT2D eigenvalue weighted by molar-refractivity contribution is 6.22. The summed E-state index contributed by atoms with van der Waals surface area (Å²) >= 11 is 0. The number of ketones is 1. The predicted molar refractivity (Wildman–Crippen MR) is 101 cm³/mol. The van der Waals surface area contributed by atoms with E-state index in [0.29, 0.717) is 17.0 Å². The van der Waals surface area contributed by atoms with Gasteiger partial charge in [-0.2, -0.15) is 0 Å². The smallest absolute Gasteiger partial charge is 0.237 e. The number of carbonyl (C=O) groups is 3. The van der Waals surface area contributed by atoms with Crippen LogP contribution >= 0.6 is 0 Å². The molecule has 2 aliphatic rings. The molecule has 4 rings (SSSR count). The number of carbonyl (C=O) groups excluding carboxylic acids is 3. The lowest BCUT2D eigenvalue weighted by Gasteiger charge is -2.19. The van der Waals surface area contributed by atoms with Crippen LogP contribution in [0.1, 0.15) is 36.0 Å². The Hall–Kier alpha value is -3.02. The Morgan fingerprint density at radius 1 is 0.964 bits per heavy atom. The fourth-order valence-corrected chi connectivity index (χ4v) is 4.03. The molecule has 2 unspecified atom stereocenters. The van der Waals surface area contributed by atoms with Gasteiger partial charge < -0.3 is 4.74 Å². The summed E-state index contributed by atoms with van der Waals surface area (Å²) in [4.78, 5) is 39.2. The van der Waals surface area contributed by atoms with Crippen LogP contribution in [0.5, 0.6) is 5.75 Å². The fraction of sp³-hybridized carbons (Fsp3) is 0.318. The lowest BCUT2D eigenvalue weighted by molar-refractivity contribution is -0.122. The number of imide groups is 1. The zero-order valence-corrected chi connectivity index (χ0v) is 15.3. The highest BCUT2D eigenvalue weighted by Crippen LogP contribution is 2.42. The van der Waals surface area contributed by atoms with E-state index in [1.165, 1.54) is 29.2 Å². The summed E-state index contributed by atoms with van der Waals surface area (Å²) in [7, 11) is 0. The van der Waals surface area contributed by atoms with Gasteiger partial charge >= 0.3 is 0 Å². The molecule has 1 aliphatic carbocycles. The first kappa shape index (κ1) is 18.3. The summed E-state index contributed by atoms with van der Waals surface area (Å²) in [6.45, 7) is -0.272. The summed E-state index contributed by atoms with van der Waals surface area (Å²) in [5, 5.41) is 0. The number of rotatable bonds is 5. The third-order valence-electron chi connectivity index (χ3n) is 5.47. The monoisotopic (exact) mass is 381 g/mol. The molecule has 2 atom stereocenters. The van der Waals surface area contributed by atoms with Crippen molar-refractivity contribution in [3.8, 4) is 5.75 Å². The molecule has 0 spiro atoms. The van der Waals surface area contributed by atoms with Crippen LogP contribution in [-0.2, 0) is 9.59 Å². The van der Waals surface area contributed by atoms with Crippen LogP contribution in [-0.4, -0.2) is 24.2 Å². The molecule has 0 N–H and O–H groups in total.